The van der Waals surface area contributed by atoms with Crippen molar-refractivity contribution in [2.45, 2.75) is 44.6 Å². The molecule has 0 aliphatic heterocycles. The molecule has 4 nitrogen and oxygen atoms in total. The Hall–Kier alpha value is -1.13. The molecule has 21 heavy (non-hydrogen) atoms. The molecule has 5 heteroatoms. The molecule has 1 aliphatic carbocycles. The van der Waals surface area contributed by atoms with Crippen LogP contribution >= 0.6 is 11.6 Å². The molecule has 1 N–H and O–H groups in total. The Kier molecular flexibility index (Phi) is 6.46. The summed E-state index contributed by atoms with van der Waals surface area (Å²) < 4.78 is 0. The van der Waals surface area contributed by atoms with Crippen LogP contribution in [0.3, 0.4) is 0 Å². The van der Waals surface area contributed by atoms with E-state index in [0.29, 0.717) is 17.1 Å². The lowest BCUT2D eigenvalue weighted by atomic mass is 9.94. The lowest BCUT2D eigenvalue weighted by Gasteiger charge is -2.31. The van der Waals surface area contributed by atoms with Crippen LogP contribution in [-0.4, -0.2) is 42.0 Å². The van der Waals surface area contributed by atoms with Crippen LogP contribution in [0.1, 0.15) is 48.9 Å². The first-order valence-corrected chi connectivity index (χ1v) is 8.14. The summed E-state index contributed by atoms with van der Waals surface area (Å²) in [6.07, 6.45) is 10.8. The summed E-state index contributed by atoms with van der Waals surface area (Å²) >= 11 is 5.95. The second-order valence-corrected chi connectivity index (χ2v) is 6.14. The number of nitrogens with one attached hydrogen (secondary N) is 1. The van der Waals surface area contributed by atoms with Gasteiger partial charge in [-0.25, -0.2) is 0 Å². The number of hydrogen-bond acceptors (Lipinski definition) is 3. The monoisotopic (exact) mass is 309 g/mol. The summed E-state index contributed by atoms with van der Waals surface area (Å²) in [6.45, 7) is 1.70. The van der Waals surface area contributed by atoms with Crippen molar-refractivity contribution in [2.75, 3.05) is 20.1 Å². The van der Waals surface area contributed by atoms with E-state index in [1.807, 2.05) is 0 Å². The lowest BCUT2D eigenvalue weighted by Crippen LogP contribution is -2.35. The van der Waals surface area contributed by atoms with Gasteiger partial charge in [0.2, 0.25) is 0 Å². The van der Waals surface area contributed by atoms with Gasteiger partial charge in [-0.05, 0) is 38.9 Å². The molecule has 2 rings (SSSR count). The van der Waals surface area contributed by atoms with Crippen LogP contribution in [0.5, 0.6) is 0 Å². The Morgan fingerprint density at radius 2 is 2.19 bits per heavy atom. The fourth-order valence-corrected chi connectivity index (χ4v) is 3.09. The zero-order valence-electron chi connectivity index (χ0n) is 12.6. The molecule has 1 fully saturated rings. The van der Waals surface area contributed by atoms with Gasteiger partial charge in [-0.2, -0.15) is 0 Å². The lowest BCUT2D eigenvalue weighted by molar-refractivity contribution is 0.0950. The fourth-order valence-electron chi connectivity index (χ4n) is 2.89. The minimum atomic E-state index is -0.122. The van der Waals surface area contributed by atoms with E-state index in [-0.39, 0.29) is 5.91 Å². The van der Waals surface area contributed by atoms with Gasteiger partial charge in [0.05, 0.1) is 10.6 Å². The molecule has 1 amide bonds. The fraction of sp³-hybridized carbons (Fsp3) is 0.625. The van der Waals surface area contributed by atoms with Crippen LogP contribution in [0.25, 0.3) is 0 Å². The Morgan fingerprint density at radius 3 is 2.90 bits per heavy atom. The zero-order chi connectivity index (χ0) is 15.1. The first kappa shape index (κ1) is 16.2. The topological polar surface area (TPSA) is 45.2 Å². The molecule has 0 aromatic carbocycles. The van der Waals surface area contributed by atoms with E-state index >= 15 is 0 Å². The van der Waals surface area contributed by atoms with Gasteiger partial charge in [0.1, 0.15) is 0 Å². The summed E-state index contributed by atoms with van der Waals surface area (Å²) in [5.74, 6) is -0.122. The third kappa shape index (κ3) is 4.97. The van der Waals surface area contributed by atoms with E-state index in [1.165, 1.54) is 38.3 Å². The highest BCUT2D eigenvalue weighted by atomic mass is 35.5. The quantitative estimate of drug-likeness (QED) is 0.821. The average Bonchev–Trinajstić information content (AvgIpc) is 2.52. The molecule has 1 heterocycles. The van der Waals surface area contributed by atoms with Gasteiger partial charge >= 0.3 is 0 Å². The van der Waals surface area contributed by atoms with Crippen molar-refractivity contribution in [1.29, 1.82) is 0 Å². The Balaban J connectivity index is 1.67. The number of halogens is 1. The van der Waals surface area contributed by atoms with Gasteiger partial charge < -0.3 is 10.2 Å². The third-order valence-electron chi connectivity index (χ3n) is 4.19. The van der Waals surface area contributed by atoms with E-state index in [4.69, 9.17) is 11.6 Å². The third-order valence-corrected chi connectivity index (χ3v) is 4.49. The number of carbonyl (C=O) groups excluding carboxylic acids is 1. The zero-order valence-corrected chi connectivity index (χ0v) is 13.4. The van der Waals surface area contributed by atoms with Crippen LogP contribution in [-0.2, 0) is 0 Å². The molecular weight excluding hydrogens is 286 g/mol. The highest BCUT2D eigenvalue weighted by Gasteiger charge is 2.17. The standard InChI is InChI=1S/C16H24ClN3O/c1-20(13-6-3-2-4-7-13)11-5-9-19-16(21)14-8-10-18-12-15(14)17/h8,10,12-13H,2-7,9,11H2,1H3,(H,19,21). The van der Waals surface area contributed by atoms with Crippen molar-refractivity contribution < 1.29 is 4.79 Å². The second kappa shape index (κ2) is 8.35. The SMILES string of the molecule is CN(CCCNC(=O)c1ccncc1Cl)C1CCCCC1. The highest BCUT2D eigenvalue weighted by molar-refractivity contribution is 6.33. The Morgan fingerprint density at radius 1 is 1.43 bits per heavy atom. The van der Waals surface area contributed by atoms with Crippen molar-refractivity contribution in [3.8, 4) is 0 Å². The molecular formula is C16H24ClN3O. The molecule has 1 aromatic rings. The summed E-state index contributed by atoms with van der Waals surface area (Å²) in [6, 6.07) is 2.37. The Labute approximate surface area is 131 Å². The van der Waals surface area contributed by atoms with E-state index < -0.39 is 0 Å². The maximum absolute atomic E-state index is 12.0. The van der Waals surface area contributed by atoms with Gasteiger partial charge in [-0.1, -0.05) is 30.9 Å². The first-order chi connectivity index (χ1) is 10.2. The normalized spacial score (nSPS) is 16.1. The largest absolute Gasteiger partial charge is 0.352 e. The predicted molar refractivity (Wildman–Crippen MR) is 85.7 cm³/mol. The number of hydrogen-bond donors (Lipinski definition) is 1. The van der Waals surface area contributed by atoms with Gasteiger partial charge in [-0.3, -0.25) is 9.78 Å². The molecule has 1 aromatic heterocycles. The number of nitrogens with zero attached hydrogens (tertiary/aromatic N) is 2. The predicted octanol–water partition coefficient (Wildman–Crippen LogP) is 3.12. The van der Waals surface area contributed by atoms with Gasteiger partial charge in [0.15, 0.2) is 0 Å². The molecule has 0 unspecified atom stereocenters. The van der Waals surface area contributed by atoms with Crippen molar-refractivity contribution >= 4 is 17.5 Å². The molecule has 0 radical (unpaired) electrons. The minimum absolute atomic E-state index is 0.122. The van der Waals surface area contributed by atoms with Gasteiger partial charge in [0.25, 0.3) is 5.91 Å². The average molecular weight is 310 g/mol. The van der Waals surface area contributed by atoms with Crippen molar-refractivity contribution in [1.82, 2.24) is 15.2 Å². The van der Waals surface area contributed by atoms with Crippen LogP contribution in [0.2, 0.25) is 5.02 Å². The van der Waals surface area contributed by atoms with E-state index in [9.17, 15) is 4.79 Å². The Bertz CT molecular complexity index is 461. The van der Waals surface area contributed by atoms with E-state index in [2.05, 4.69) is 22.2 Å². The molecule has 1 aliphatic rings. The number of carbonyl (C=O) groups is 1. The van der Waals surface area contributed by atoms with Crippen LogP contribution < -0.4 is 5.32 Å². The first-order valence-electron chi connectivity index (χ1n) is 7.76. The molecule has 116 valence electrons. The molecule has 0 spiro atoms. The van der Waals surface area contributed by atoms with Crippen LogP contribution in [0, 0.1) is 0 Å². The van der Waals surface area contributed by atoms with Gasteiger partial charge in [-0.15, -0.1) is 0 Å². The van der Waals surface area contributed by atoms with Crippen molar-refractivity contribution in [3.05, 3.63) is 29.0 Å². The number of aromatic nitrogens is 1. The van der Waals surface area contributed by atoms with E-state index in [0.717, 1.165) is 19.0 Å². The minimum Gasteiger partial charge on any atom is -0.352 e. The van der Waals surface area contributed by atoms with Crippen molar-refractivity contribution in [3.63, 3.8) is 0 Å². The molecule has 1 saturated carbocycles. The second-order valence-electron chi connectivity index (χ2n) is 5.74. The summed E-state index contributed by atoms with van der Waals surface area (Å²) in [4.78, 5) is 18.3. The summed E-state index contributed by atoms with van der Waals surface area (Å²) in [5, 5.41) is 3.32. The van der Waals surface area contributed by atoms with Crippen molar-refractivity contribution in [2.24, 2.45) is 0 Å². The maximum atomic E-state index is 12.0. The highest BCUT2D eigenvalue weighted by Crippen LogP contribution is 2.21. The number of pyridine rings is 1. The molecule has 0 atom stereocenters. The molecule has 0 bridgehead atoms. The van der Waals surface area contributed by atoms with Crippen LogP contribution in [0.4, 0.5) is 0 Å². The maximum Gasteiger partial charge on any atom is 0.252 e. The summed E-state index contributed by atoms with van der Waals surface area (Å²) in [5.41, 5.74) is 0.493. The number of rotatable bonds is 6. The molecule has 0 saturated heterocycles. The van der Waals surface area contributed by atoms with E-state index in [1.54, 1.807) is 12.3 Å². The smallest absolute Gasteiger partial charge is 0.252 e. The summed E-state index contributed by atoms with van der Waals surface area (Å²) in [7, 11) is 2.19. The van der Waals surface area contributed by atoms with Crippen LogP contribution in [0.15, 0.2) is 18.5 Å². The number of amides is 1. The van der Waals surface area contributed by atoms with Gasteiger partial charge in [0, 0.05) is 25.0 Å².